The molecule has 4 rings (SSSR count). The molecule has 2 aliphatic rings. The minimum atomic E-state index is -0.371. The van der Waals surface area contributed by atoms with Gasteiger partial charge in [-0.05, 0) is 58.1 Å². The van der Waals surface area contributed by atoms with Crippen molar-refractivity contribution in [3.8, 4) is 0 Å². The molecule has 0 unspecified atom stereocenters. The summed E-state index contributed by atoms with van der Waals surface area (Å²) in [6.45, 7) is 7.49. The van der Waals surface area contributed by atoms with E-state index in [0.717, 1.165) is 29.2 Å². The smallest absolute Gasteiger partial charge is 0.251 e. The van der Waals surface area contributed by atoms with E-state index in [1.54, 1.807) is 0 Å². The molecule has 2 heterocycles. The van der Waals surface area contributed by atoms with Crippen LogP contribution >= 0.6 is 0 Å². The zero-order valence-electron chi connectivity index (χ0n) is 14.9. The first-order valence-corrected chi connectivity index (χ1v) is 8.70. The summed E-state index contributed by atoms with van der Waals surface area (Å²) < 4.78 is 2.94. The van der Waals surface area contributed by atoms with Gasteiger partial charge in [0.1, 0.15) is 0 Å². The molecule has 2 aromatic rings. The van der Waals surface area contributed by atoms with Crippen LogP contribution in [0, 0.1) is 51.4 Å². The van der Waals surface area contributed by atoms with Crippen molar-refractivity contribution in [2.75, 3.05) is 0 Å². The number of hydrogen-bond donors (Lipinski definition) is 0. The standard InChI is InChI=1S/C19H22N4O2/c1-10-7-12(3)22(20-10)18(24)16-14-5-6-15(9-14)17(16)19(25)23-13(4)8-11(2)21-23/h5-8,14-17H,9H2,1-4H3/t14-,15+,16-,17-/m0/s1. The summed E-state index contributed by atoms with van der Waals surface area (Å²) in [7, 11) is 0. The lowest BCUT2D eigenvalue weighted by atomic mass is 9.81. The maximum absolute atomic E-state index is 13.2. The van der Waals surface area contributed by atoms with E-state index >= 15 is 0 Å². The largest absolute Gasteiger partial charge is 0.272 e. The van der Waals surface area contributed by atoms with Crippen LogP contribution < -0.4 is 0 Å². The van der Waals surface area contributed by atoms with Crippen LogP contribution in [-0.2, 0) is 0 Å². The molecule has 1 fully saturated rings. The molecule has 0 saturated heterocycles. The van der Waals surface area contributed by atoms with Crippen LogP contribution in [-0.4, -0.2) is 31.4 Å². The molecule has 2 bridgehead atoms. The number of nitrogens with zero attached hydrogens (tertiary/aromatic N) is 4. The summed E-state index contributed by atoms with van der Waals surface area (Å²) in [5.41, 5.74) is 3.25. The van der Waals surface area contributed by atoms with Crippen molar-refractivity contribution < 1.29 is 9.59 Å². The number of aromatic nitrogens is 4. The van der Waals surface area contributed by atoms with E-state index in [0.29, 0.717) is 0 Å². The van der Waals surface area contributed by atoms with Crippen molar-refractivity contribution in [3.05, 3.63) is 47.1 Å². The molecule has 0 radical (unpaired) electrons. The first-order chi connectivity index (χ1) is 11.9. The quantitative estimate of drug-likeness (QED) is 0.790. The molecule has 0 aromatic carbocycles. The average molecular weight is 338 g/mol. The Kier molecular flexibility index (Phi) is 3.52. The van der Waals surface area contributed by atoms with Crippen LogP contribution in [0.5, 0.6) is 0 Å². The van der Waals surface area contributed by atoms with Gasteiger partial charge in [0.25, 0.3) is 11.8 Å². The monoisotopic (exact) mass is 338 g/mol. The van der Waals surface area contributed by atoms with Gasteiger partial charge in [0.15, 0.2) is 0 Å². The summed E-state index contributed by atoms with van der Waals surface area (Å²) >= 11 is 0. The third kappa shape index (κ3) is 2.39. The molecule has 2 aliphatic carbocycles. The minimum absolute atomic E-state index is 0.0812. The Morgan fingerprint density at radius 3 is 1.56 bits per heavy atom. The van der Waals surface area contributed by atoms with E-state index in [2.05, 4.69) is 22.3 Å². The van der Waals surface area contributed by atoms with Crippen LogP contribution in [0.4, 0.5) is 0 Å². The Morgan fingerprint density at radius 1 is 0.840 bits per heavy atom. The first-order valence-electron chi connectivity index (χ1n) is 8.70. The van der Waals surface area contributed by atoms with Crippen LogP contribution in [0.2, 0.25) is 0 Å². The molecule has 0 spiro atoms. The van der Waals surface area contributed by atoms with Crippen molar-refractivity contribution in [3.63, 3.8) is 0 Å². The van der Waals surface area contributed by atoms with Crippen molar-refractivity contribution in [2.45, 2.75) is 34.1 Å². The highest BCUT2D eigenvalue weighted by Gasteiger charge is 2.52. The second-order valence-corrected chi connectivity index (χ2v) is 7.35. The maximum Gasteiger partial charge on any atom is 0.251 e. The Balaban J connectivity index is 1.72. The molecule has 0 amide bonds. The highest BCUT2D eigenvalue weighted by atomic mass is 16.2. The number of allylic oxidation sites excluding steroid dienone is 2. The molecule has 1 saturated carbocycles. The zero-order chi connectivity index (χ0) is 17.9. The molecule has 0 N–H and O–H groups in total. The van der Waals surface area contributed by atoms with Gasteiger partial charge in [0.05, 0.1) is 23.2 Å². The van der Waals surface area contributed by atoms with E-state index in [1.165, 1.54) is 9.36 Å². The highest BCUT2D eigenvalue weighted by Crippen LogP contribution is 2.49. The van der Waals surface area contributed by atoms with Gasteiger partial charge in [-0.3, -0.25) is 9.59 Å². The van der Waals surface area contributed by atoms with Crippen LogP contribution in [0.25, 0.3) is 0 Å². The van der Waals surface area contributed by atoms with Gasteiger partial charge in [0, 0.05) is 11.4 Å². The van der Waals surface area contributed by atoms with Crippen LogP contribution in [0.3, 0.4) is 0 Å². The van der Waals surface area contributed by atoms with E-state index in [4.69, 9.17) is 0 Å². The fraction of sp³-hybridized carbons (Fsp3) is 0.474. The Bertz CT molecular complexity index is 832. The molecule has 6 heteroatoms. The molecule has 130 valence electrons. The van der Waals surface area contributed by atoms with Gasteiger partial charge in [-0.15, -0.1) is 0 Å². The lowest BCUT2D eigenvalue weighted by Crippen LogP contribution is -2.39. The fourth-order valence-electron chi connectivity index (χ4n) is 4.48. The van der Waals surface area contributed by atoms with Crippen LogP contribution in [0.15, 0.2) is 24.3 Å². The first kappa shape index (κ1) is 16.0. The van der Waals surface area contributed by atoms with Crippen molar-refractivity contribution in [1.29, 1.82) is 0 Å². The molecule has 0 aliphatic heterocycles. The van der Waals surface area contributed by atoms with Crippen molar-refractivity contribution in [2.24, 2.45) is 23.7 Å². The van der Waals surface area contributed by atoms with E-state index in [-0.39, 0.29) is 35.5 Å². The number of aryl methyl sites for hydroxylation is 4. The van der Waals surface area contributed by atoms with E-state index < -0.39 is 0 Å². The Labute approximate surface area is 146 Å². The summed E-state index contributed by atoms with van der Waals surface area (Å²) in [5.74, 6) is -0.696. The molecular formula is C19H22N4O2. The molecule has 2 aromatic heterocycles. The summed E-state index contributed by atoms with van der Waals surface area (Å²) in [5, 5.41) is 8.67. The highest BCUT2D eigenvalue weighted by molar-refractivity contribution is 5.91. The molecule has 6 nitrogen and oxygen atoms in total. The predicted molar refractivity (Wildman–Crippen MR) is 92.4 cm³/mol. The number of rotatable bonds is 2. The second kappa shape index (κ2) is 5.51. The maximum atomic E-state index is 13.2. The second-order valence-electron chi connectivity index (χ2n) is 7.35. The average Bonchev–Trinajstić information content (AvgIpc) is 3.29. The third-order valence-corrected chi connectivity index (χ3v) is 5.47. The van der Waals surface area contributed by atoms with Crippen LogP contribution in [0.1, 0.15) is 38.8 Å². The minimum Gasteiger partial charge on any atom is -0.272 e. The predicted octanol–water partition coefficient (Wildman–Crippen LogP) is 2.73. The fourth-order valence-corrected chi connectivity index (χ4v) is 4.48. The third-order valence-electron chi connectivity index (χ3n) is 5.47. The van der Waals surface area contributed by atoms with Crippen molar-refractivity contribution in [1.82, 2.24) is 19.6 Å². The molecule has 4 atom stereocenters. The SMILES string of the molecule is Cc1cc(C)n(C(=O)[C@@H]2[C@@H](C(=O)n3nc(C)cc3C)[C@H]3C=C[C@@H]2C3)n1. The summed E-state index contributed by atoms with van der Waals surface area (Å²) in [6, 6.07) is 3.78. The molecular weight excluding hydrogens is 316 g/mol. The zero-order valence-corrected chi connectivity index (χ0v) is 14.9. The lowest BCUT2D eigenvalue weighted by Gasteiger charge is -2.26. The van der Waals surface area contributed by atoms with Gasteiger partial charge in [0.2, 0.25) is 0 Å². The number of carbonyl (C=O) groups excluding carboxylic acids is 2. The summed E-state index contributed by atoms with van der Waals surface area (Å²) in [6.07, 6.45) is 5.03. The number of hydrogen-bond acceptors (Lipinski definition) is 4. The topological polar surface area (TPSA) is 69.8 Å². The van der Waals surface area contributed by atoms with E-state index in [9.17, 15) is 9.59 Å². The summed E-state index contributed by atoms with van der Waals surface area (Å²) in [4.78, 5) is 26.4. The van der Waals surface area contributed by atoms with Gasteiger partial charge in [-0.25, -0.2) is 9.36 Å². The Morgan fingerprint density at radius 2 is 1.24 bits per heavy atom. The van der Waals surface area contributed by atoms with E-state index in [1.807, 2.05) is 39.8 Å². The molecule has 25 heavy (non-hydrogen) atoms. The normalized spacial score (nSPS) is 27.2. The number of fused-ring (bicyclic) bond motifs is 2. The van der Waals surface area contributed by atoms with Gasteiger partial charge in [-0.1, -0.05) is 12.2 Å². The number of carbonyl (C=O) groups is 2. The van der Waals surface area contributed by atoms with Gasteiger partial charge < -0.3 is 0 Å². The van der Waals surface area contributed by atoms with Crippen molar-refractivity contribution >= 4 is 11.8 Å². The van der Waals surface area contributed by atoms with Gasteiger partial charge >= 0.3 is 0 Å². The Hall–Kier alpha value is -2.50. The lowest BCUT2D eigenvalue weighted by molar-refractivity contribution is 0.0628. The van der Waals surface area contributed by atoms with Gasteiger partial charge in [-0.2, -0.15) is 10.2 Å².